The van der Waals surface area contributed by atoms with Crippen LogP contribution in [0.5, 0.6) is 11.6 Å². The molecule has 0 bridgehead atoms. The van der Waals surface area contributed by atoms with Gasteiger partial charge in [0, 0.05) is 17.8 Å². The Kier molecular flexibility index (Phi) is 5.50. The van der Waals surface area contributed by atoms with Crippen LogP contribution in [0.25, 0.3) is 11.0 Å². The summed E-state index contributed by atoms with van der Waals surface area (Å²) in [4.78, 5) is 37.6. The monoisotopic (exact) mass is 474 g/mol. The number of aromatic nitrogens is 3. The number of ether oxygens (including phenoxy) is 1. The molecule has 0 atom stereocenters. The summed E-state index contributed by atoms with van der Waals surface area (Å²) >= 11 is 0. The summed E-state index contributed by atoms with van der Waals surface area (Å²) < 4.78 is 5.94. The molecule has 5 aromatic rings. The standard InChI is InChI=1S/C29H22N4O3/c34-26(27-32-24-9-3-4-10-25(24)33-27)18-11-13-22(14-12-18)36-29-23(8-5-15-30-29)28(35)31-21-16-19-6-1-2-7-20(19)17-21/h1-15,21H,16-17H2,(H,31,35)(H,32,33). The number of hydrogen-bond acceptors (Lipinski definition) is 5. The fraction of sp³-hybridized carbons (Fsp3) is 0.103. The van der Waals surface area contributed by atoms with Crippen molar-refractivity contribution < 1.29 is 14.3 Å². The van der Waals surface area contributed by atoms with E-state index >= 15 is 0 Å². The summed E-state index contributed by atoms with van der Waals surface area (Å²) in [5.74, 6) is 0.516. The zero-order valence-electron chi connectivity index (χ0n) is 19.3. The Morgan fingerprint density at radius 3 is 2.33 bits per heavy atom. The predicted octanol–water partition coefficient (Wildman–Crippen LogP) is 4.88. The molecule has 3 aromatic carbocycles. The van der Waals surface area contributed by atoms with Crippen LogP contribution >= 0.6 is 0 Å². The lowest BCUT2D eigenvalue weighted by atomic mass is 10.1. The Bertz CT molecular complexity index is 1530. The van der Waals surface area contributed by atoms with Crippen molar-refractivity contribution in [3.8, 4) is 11.6 Å². The number of benzene rings is 3. The first-order valence-corrected chi connectivity index (χ1v) is 11.7. The Hall–Kier alpha value is -4.78. The molecular weight excluding hydrogens is 452 g/mol. The average Bonchev–Trinajstić information content (AvgIpc) is 3.52. The van der Waals surface area contributed by atoms with Crippen molar-refractivity contribution in [2.24, 2.45) is 0 Å². The van der Waals surface area contributed by atoms with Gasteiger partial charge in [-0.1, -0.05) is 36.4 Å². The molecule has 0 saturated heterocycles. The minimum absolute atomic E-state index is 0.0338. The molecule has 6 rings (SSSR count). The first kappa shape index (κ1) is 21.7. The maximum Gasteiger partial charge on any atom is 0.257 e. The topological polar surface area (TPSA) is 97.0 Å². The SMILES string of the molecule is O=C(c1ccc(Oc2ncccc2C(=O)NC2Cc3ccccc3C2)cc1)c1nc2ccccc2[nH]1. The largest absolute Gasteiger partial charge is 0.438 e. The lowest BCUT2D eigenvalue weighted by molar-refractivity contribution is 0.0935. The Morgan fingerprint density at radius 2 is 1.58 bits per heavy atom. The number of imidazole rings is 1. The van der Waals surface area contributed by atoms with E-state index in [1.54, 1.807) is 42.6 Å². The molecule has 176 valence electrons. The molecule has 2 N–H and O–H groups in total. The summed E-state index contributed by atoms with van der Waals surface area (Å²) in [6, 6.07) is 25.9. The van der Waals surface area contributed by atoms with E-state index in [9.17, 15) is 9.59 Å². The van der Waals surface area contributed by atoms with Crippen molar-refractivity contribution in [1.82, 2.24) is 20.3 Å². The molecule has 2 heterocycles. The van der Waals surface area contributed by atoms with Gasteiger partial charge in [0.25, 0.3) is 5.91 Å². The van der Waals surface area contributed by atoms with E-state index in [0.29, 0.717) is 16.9 Å². The maximum atomic E-state index is 13.1. The number of ketones is 1. The molecule has 1 amide bonds. The van der Waals surface area contributed by atoms with Gasteiger partial charge < -0.3 is 15.0 Å². The van der Waals surface area contributed by atoms with Crippen molar-refractivity contribution in [1.29, 1.82) is 0 Å². The first-order valence-electron chi connectivity index (χ1n) is 11.7. The molecule has 0 aliphatic heterocycles. The zero-order chi connectivity index (χ0) is 24.5. The van der Waals surface area contributed by atoms with E-state index in [2.05, 4.69) is 32.4 Å². The Morgan fingerprint density at radius 1 is 0.861 bits per heavy atom. The van der Waals surface area contributed by atoms with E-state index in [1.165, 1.54) is 11.1 Å². The number of fused-ring (bicyclic) bond motifs is 2. The minimum atomic E-state index is -0.229. The fourth-order valence-electron chi connectivity index (χ4n) is 4.55. The third-order valence-corrected chi connectivity index (χ3v) is 6.34. The maximum absolute atomic E-state index is 13.1. The van der Waals surface area contributed by atoms with Gasteiger partial charge in [-0.2, -0.15) is 0 Å². The Balaban J connectivity index is 1.16. The molecule has 2 aromatic heterocycles. The van der Waals surface area contributed by atoms with Crippen LogP contribution in [-0.4, -0.2) is 32.7 Å². The van der Waals surface area contributed by atoms with Crippen molar-refractivity contribution in [2.45, 2.75) is 18.9 Å². The molecule has 1 aliphatic carbocycles. The first-order chi connectivity index (χ1) is 17.6. The van der Waals surface area contributed by atoms with E-state index in [4.69, 9.17) is 4.74 Å². The van der Waals surface area contributed by atoms with Gasteiger partial charge >= 0.3 is 0 Å². The molecule has 1 aliphatic rings. The number of para-hydroxylation sites is 2. The molecule has 0 radical (unpaired) electrons. The quantitative estimate of drug-likeness (QED) is 0.342. The molecule has 0 spiro atoms. The molecular formula is C29H22N4O3. The highest BCUT2D eigenvalue weighted by Crippen LogP contribution is 2.26. The van der Waals surface area contributed by atoms with Gasteiger partial charge in [0.2, 0.25) is 11.7 Å². The van der Waals surface area contributed by atoms with Crippen LogP contribution in [0.4, 0.5) is 0 Å². The molecule has 0 fully saturated rings. The van der Waals surface area contributed by atoms with Gasteiger partial charge in [0.15, 0.2) is 5.82 Å². The molecule has 0 saturated carbocycles. The van der Waals surface area contributed by atoms with Crippen LogP contribution in [0, 0.1) is 0 Å². The summed E-state index contributed by atoms with van der Waals surface area (Å²) in [5, 5.41) is 3.11. The van der Waals surface area contributed by atoms with Gasteiger partial charge in [-0.25, -0.2) is 9.97 Å². The number of hydrogen-bond donors (Lipinski definition) is 2. The lowest BCUT2D eigenvalue weighted by Crippen LogP contribution is -2.35. The van der Waals surface area contributed by atoms with Gasteiger partial charge in [0.1, 0.15) is 11.3 Å². The molecule has 7 heteroatoms. The van der Waals surface area contributed by atoms with Crippen LogP contribution in [-0.2, 0) is 12.8 Å². The smallest absolute Gasteiger partial charge is 0.257 e. The van der Waals surface area contributed by atoms with Crippen LogP contribution in [0.3, 0.4) is 0 Å². The highest BCUT2D eigenvalue weighted by Gasteiger charge is 2.24. The third kappa shape index (κ3) is 4.22. The van der Waals surface area contributed by atoms with E-state index in [-0.39, 0.29) is 29.4 Å². The molecule has 36 heavy (non-hydrogen) atoms. The van der Waals surface area contributed by atoms with Gasteiger partial charge in [-0.05, 0) is 72.5 Å². The average molecular weight is 475 g/mol. The second-order valence-electron chi connectivity index (χ2n) is 8.76. The highest BCUT2D eigenvalue weighted by molar-refractivity contribution is 6.08. The zero-order valence-corrected chi connectivity index (χ0v) is 19.3. The number of amides is 1. The second kappa shape index (κ2) is 9.11. The van der Waals surface area contributed by atoms with Gasteiger partial charge in [0.05, 0.1) is 11.0 Å². The van der Waals surface area contributed by atoms with Crippen molar-refractivity contribution in [3.63, 3.8) is 0 Å². The molecule has 0 unspecified atom stereocenters. The number of nitrogens with one attached hydrogen (secondary N) is 2. The van der Waals surface area contributed by atoms with Crippen LogP contribution in [0.2, 0.25) is 0 Å². The number of aromatic amines is 1. The van der Waals surface area contributed by atoms with Crippen molar-refractivity contribution in [3.05, 3.63) is 119 Å². The number of carbonyl (C=O) groups excluding carboxylic acids is 2. The summed E-state index contributed by atoms with van der Waals surface area (Å²) in [7, 11) is 0. The van der Waals surface area contributed by atoms with Gasteiger partial charge in [-0.15, -0.1) is 0 Å². The summed E-state index contributed by atoms with van der Waals surface area (Å²) in [6.45, 7) is 0. The minimum Gasteiger partial charge on any atom is -0.438 e. The Labute approximate surface area is 207 Å². The molecule has 7 nitrogen and oxygen atoms in total. The number of H-pyrrole nitrogens is 1. The van der Waals surface area contributed by atoms with Crippen LogP contribution in [0.1, 0.15) is 37.7 Å². The second-order valence-corrected chi connectivity index (χ2v) is 8.76. The van der Waals surface area contributed by atoms with Gasteiger partial charge in [-0.3, -0.25) is 9.59 Å². The predicted molar refractivity (Wildman–Crippen MR) is 135 cm³/mol. The number of nitrogens with zero attached hydrogens (tertiary/aromatic N) is 2. The summed E-state index contributed by atoms with van der Waals surface area (Å²) in [6.07, 6.45) is 3.19. The van der Waals surface area contributed by atoms with Crippen molar-refractivity contribution in [2.75, 3.05) is 0 Å². The third-order valence-electron chi connectivity index (χ3n) is 6.34. The normalized spacial score (nSPS) is 12.9. The number of carbonyl (C=O) groups is 2. The van der Waals surface area contributed by atoms with Crippen LogP contribution < -0.4 is 10.1 Å². The van der Waals surface area contributed by atoms with Crippen molar-refractivity contribution >= 4 is 22.7 Å². The summed E-state index contributed by atoms with van der Waals surface area (Å²) in [5.41, 5.74) is 4.91. The van der Waals surface area contributed by atoms with E-state index < -0.39 is 0 Å². The fourth-order valence-corrected chi connectivity index (χ4v) is 4.55. The highest BCUT2D eigenvalue weighted by atomic mass is 16.5. The van der Waals surface area contributed by atoms with E-state index in [0.717, 1.165) is 23.9 Å². The number of pyridine rings is 1. The van der Waals surface area contributed by atoms with Crippen LogP contribution in [0.15, 0.2) is 91.1 Å². The van der Waals surface area contributed by atoms with E-state index in [1.807, 2.05) is 36.4 Å². The number of rotatable bonds is 6. The lowest BCUT2D eigenvalue weighted by Gasteiger charge is -2.14.